The van der Waals surface area contributed by atoms with Gasteiger partial charge in [0.2, 0.25) is 9.70 Å². The minimum Gasteiger partial charge on any atom is -0.361 e. The number of amides is 1. The zero-order chi connectivity index (χ0) is 24.4. The van der Waals surface area contributed by atoms with Crippen LogP contribution in [-0.2, 0) is 4.79 Å². The highest BCUT2D eigenvalue weighted by atomic mass is 127. The van der Waals surface area contributed by atoms with Crippen LogP contribution in [0, 0.1) is 3.57 Å². The molecular formula is C26H42Cl3IN2O. The van der Waals surface area contributed by atoms with E-state index in [4.69, 9.17) is 34.8 Å². The number of anilines is 1. The molecule has 2 N–H and O–H groups in total. The second-order valence-electron chi connectivity index (χ2n) is 8.87. The maximum atomic E-state index is 12.4. The molecule has 0 spiro atoms. The molecule has 0 aromatic heterocycles. The highest BCUT2D eigenvalue weighted by molar-refractivity contribution is 14.1. The zero-order valence-electron chi connectivity index (χ0n) is 20.1. The Bertz CT molecular complexity index is 640. The number of carbonyl (C=O) groups is 1. The van der Waals surface area contributed by atoms with Gasteiger partial charge in [-0.05, 0) is 41.1 Å². The van der Waals surface area contributed by atoms with E-state index >= 15 is 0 Å². The molecule has 0 aliphatic heterocycles. The Hall–Kier alpha value is 0.0900. The summed E-state index contributed by atoms with van der Waals surface area (Å²) in [4.78, 5) is 12.4. The smallest absolute Gasteiger partial charge is 0.228 e. The van der Waals surface area contributed by atoms with Gasteiger partial charge in [0.15, 0.2) is 0 Å². The Morgan fingerprint density at radius 3 is 1.73 bits per heavy atom. The predicted octanol–water partition coefficient (Wildman–Crippen LogP) is 9.78. The lowest BCUT2D eigenvalue weighted by Gasteiger charge is -2.28. The molecule has 1 atom stereocenters. The molecule has 33 heavy (non-hydrogen) atoms. The normalized spacial score (nSPS) is 12.5. The molecule has 0 unspecified atom stereocenters. The van der Waals surface area contributed by atoms with E-state index in [0.29, 0.717) is 6.42 Å². The number of halogens is 4. The standard InChI is InChI=1S/C26H42Cl3IN2O/c1-2-3-4-5-6-7-8-9-10-11-12-13-14-15-16-21-24(33)32-25(26(27,28)29)31-23-20-18-17-19-22(23)30/h17-20,25,31H,2-16,21H2,1H3,(H,32,33)/t25-/m0/s1. The van der Waals surface area contributed by atoms with Gasteiger partial charge in [-0.15, -0.1) is 0 Å². The fourth-order valence-corrected chi connectivity index (χ4v) is 4.69. The van der Waals surface area contributed by atoms with Gasteiger partial charge >= 0.3 is 0 Å². The predicted molar refractivity (Wildman–Crippen MR) is 155 cm³/mol. The lowest BCUT2D eigenvalue weighted by Crippen LogP contribution is -2.49. The molecule has 0 saturated heterocycles. The summed E-state index contributed by atoms with van der Waals surface area (Å²) >= 11 is 20.5. The minimum absolute atomic E-state index is 0.0977. The first-order valence-electron chi connectivity index (χ1n) is 12.7. The number of hydrogen-bond acceptors (Lipinski definition) is 2. The molecule has 1 aromatic carbocycles. The fraction of sp³-hybridized carbons (Fsp3) is 0.731. The molecular weight excluding hydrogens is 590 g/mol. The van der Waals surface area contributed by atoms with Crippen molar-refractivity contribution < 1.29 is 4.79 Å². The molecule has 3 nitrogen and oxygen atoms in total. The third kappa shape index (κ3) is 16.4. The third-order valence-corrected chi connectivity index (χ3v) is 7.41. The van der Waals surface area contributed by atoms with E-state index in [-0.39, 0.29) is 5.91 Å². The van der Waals surface area contributed by atoms with Crippen LogP contribution in [0.4, 0.5) is 5.69 Å². The third-order valence-electron chi connectivity index (χ3n) is 5.81. The monoisotopic (exact) mass is 630 g/mol. The van der Waals surface area contributed by atoms with E-state index in [1.807, 2.05) is 24.3 Å². The van der Waals surface area contributed by atoms with Crippen molar-refractivity contribution in [3.8, 4) is 0 Å². The molecule has 190 valence electrons. The van der Waals surface area contributed by atoms with E-state index in [2.05, 4.69) is 40.1 Å². The van der Waals surface area contributed by atoms with Crippen molar-refractivity contribution in [1.29, 1.82) is 0 Å². The van der Waals surface area contributed by atoms with Crippen LogP contribution < -0.4 is 10.6 Å². The molecule has 0 aliphatic rings. The van der Waals surface area contributed by atoms with Crippen molar-refractivity contribution in [3.05, 3.63) is 27.8 Å². The van der Waals surface area contributed by atoms with Gasteiger partial charge in [-0.2, -0.15) is 0 Å². The van der Waals surface area contributed by atoms with Crippen molar-refractivity contribution in [2.45, 2.75) is 120 Å². The number of benzene rings is 1. The van der Waals surface area contributed by atoms with Gasteiger partial charge in [-0.25, -0.2) is 0 Å². The van der Waals surface area contributed by atoms with Crippen LogP contribution in [0.2, 0.25) is 0 Å². The Labute approximate surface area is 230 Å². The highest BCUT2D eigenvalue weighted by Gasteiger charge is 2.34. The van der Waals surface area contributed by atoms with E-state index in [0.717, 1.165) is 22.1 Å². The summed E-state index contributed by atoms with van der Waals surface area (Å²) in [5.74, 6) is -0.0977. The molecule has 0 fully saturated rings. The number of para-hydroxylation sites is 1. The SMILES string of the molecule is CCCCCCCCCCCCCCCCCC(=O)N[C@H](Nc1ccccc1I)C(Cl)(Cl)Cl. The van der Waals surface area contributed by atoms with Crippen molar-refractivity contribution in [3.63, 3.8) is 0 Å². The molecule has 0 radical (unpaired) electrons. The van der Waals surface area contributed by atoms with Crippen molar-refractivity contribution in [2.75, 3.05) is 5.32 Å². The minimum atomic E-state index is -1.65. The molecule has 1 rings (SSSR count). The van der Waals surface area contributed by atoms with Gasteiger partial charge in [0.05, 0.1) is 0 Å². The number of carbonyl (C=O) groups excluding carboxylic acids is 1. The average Bonchev–Trinajstić information content (AvgIpc) is 2.76. The van der Waals surface area contributed by atoms with Crippen LogP contribution in [0.5, 0.6) is 0 Å². The first-order chi connectivity index (χ1) is 15.8. The quantitative estimate of drug-likeness (QED) is 0.0691. The van der Waals surface area contributed by atoms with Gasteiger partial charge in [0, 0.05) is 15.7 Å². The molecule has 0 heterocycles. The second kappa shape index (κ2) is 19.3. The number of alkyl halides is 3. The van der Waals surface area contributed by atoms with Gasteiger partial charge in [0.25, 0.3) is 0 Å². The maximum absolute atomic E-state index is 12.4. The van der Waals surface area contributed by atoms with Gasteiger partial charge < -0.3 is 10.6 Å². The van der Waals surface area contributed by atoms with Gasteiger partial charge in [-0.1, -0.05) is 144 Å². The largest absolute Gasteiger partial charge is 0.361 e. The summed E-state index contributed by atoms with van der Waals surface area (Å²) in [6.45, 7) is 2.27. The molecule has 7 heteroatoms. The number of hydrogen-bond donors (Lipinski definition) is 2. The Morgan fingerprint density at radius 2 is 1.27 bits per heavy atom. The molecule has 0 aliphatic carbocycles. The first kappa shape index (κ1) is 31.1. The summed E-state index contributed by atoms with van der Waals surface area (Å²) in [5, 5.41) is 5.97. The summed E-state index contributed by atoms with van der Waals surface area (Å²) in [6.07, 6.45) is 19.2. The van der Waals surface area contributed by atoms with E-state index < -0.39 is 9.96 Å². The lowest BCUT2D eigenvalue weighted by molar-refractivity contribution is -0.121. The Morgan fingerprint density at radius 1 is 0.818 bits per heavy atom. The lowest BCUT2D eigenvalue weighted by atomic mass is 10.0. The van der Waals surface area contributed by atoms with E-state index in [9.17, 15) is 4.79 Å². The average molecular weight is 632 g/mol. The second-order valence-corrected chi connectivity index (χ2v) is 12.4. The number of unbranched alkanes of at least 4 members (excludes halogenated alkanes) is 14. The van der Waals surface area contributed by atoms with Crippen LogP contribution in [0.25, 0.3) is 0 Å². The van der Waals surface area contributed by atoms with Crippen LogP contribution >= 0.6 is 57.4 Å². The van der Waals surface area contributed by atoms with Gasteiger partial charge in [-0.3, -0.25) is 4.79 Å². The van der Waals surface area contributed by atoms with Crippen LogP contribution in [0.1, 0.15) is 110 Å². The number of nitrogens with one attached hydrogen (secondary N) is 2. The van der Waals surface area contributed by atoms with Crippen molar-refractivity contribution in [2.24, 2.45) is 0 Å². The fourth-order valence-electron chi connectivity index (χ4n) is 3.82. The van der Waals surface area contributed by atoms with Crippen molar-refractivity contribution >= 4 is 69.0 Å². The molecule has 0 bridgehead atoms. The van der Waals surface area contributed by atoms with Gasteiger partial charge in [0.1, 0.15) is 6.17 Å². The summed E-state index contributed by atoms with van der Waals surface area (Å²) in [7, 11) is 0. The highest BCUT2D eigenvalue weighted by Crippen LogP contribution is 2.32. The number of rotatable bonds is 19. The summed E-state index contributed by atoms with van der Waals surface area (Å²) in [5.41, 5.74) is 0.821. The Balaban J connectivity index is 2.06. The topological polar surface area (TPSA) is 41.1 Å². The van der Waals surface area contributed by atoms with Crippen LogP contribution in [0.15, 0.2) is 24.3 Å². The summed E-state index contributed by atoms with van der Waals surface area (Å²) in [6, 6.07) is 7.69. The first-order valence-corrected chi connectivity index (χ1v) is 14.9. The molecule has 0 saturated carbocycles. The molecule has 1 amide bonds. The zero-order valence-corrected chi connectivity index (χ0v) is 24.5. The summed E-state index contributed by atoms with van der Waals surface area (Å²) < 4.78 is -0.657. The van der Waals surface area contributed by atoms with Crippen LogP contribution in [0.3, 0.4) is 0 Å². The van der Waals surface area contributed by atoms with Crippen LogP contribution in [-0.4, -0.2) is 15.9 Å². The van der Waals surface area contributed by atoms with E-state index in [1.54, 1.807) is 0 Å². The molecule has 1 aromatic rings. The van der Waals surface area contributed by atoms with Crippen molar-refractivity contribution in [1.82, 2.24) is 5.32 Å². The maximum Gasteiger partial charge on any atom is 0.228 e. The Kier molecular flexibility index (Phi) is 18.2. The van der Waals surface area contributed by atoms with E-state index in [1.165, 1.54) is 83.5 Å².